The number of anilines is 2. The first-order valence-corrected chi connectivity index (χ1v) is 7.60. The molecule has 0 spiro atoms. The molecule has 3 aromatic rings. The highest BCUT2D eigenvalue weighted by molar-refractivity contribution is 6.28. The van der Waals surface area contributed by atoms with E-state index in [1.807, 2.05) is 36.7 Å². The molecular weight excluding hydrogens is 300 g/mol. The molecule has 4 heterocycles. The van der Waals surface area contributed by atoms with Gasteiger partial charge in [-0.2, -0.15) is 9.97 Å². The van der Waals surface area contributed by atoms with Gasteiger partial charge in [0, 0.05) is 38.6 Å². The van der Waals surface area contributed by atoms with Crippen molar-refractivity contribution < 1.29 is 0 Å². The molecule has 1 fully saturated rings. The number of nitrogens with one attached hydrogen (secondary N) is 1. The number of hydrogen-bond donors (Lipinski definition) is 1. The van der Waals surface area contributed by atoms with Crippen molar-refractivity contribution >= 4 is 34.3 Å². The van der Waals surface area contributed by atoms with Crippen molar-refractivity contribution in [3.05, 3.63) is 41.9 Å². The van der Waals surface area contributed by atoms with Gasteiger partial charge in [-0.3, -0.25) is 0 Å². The molecule has 0 radical (unpaired) electrons. The Labute approximate surface area is 132 Å². The summed E-state index contributed by atoms with van der Waals surface area (Å²) in [5.74, 6) is 1.92. The average molecular weight is 315 g/mol. The van der Waals surface area contributed by atoms with Crippen LogP contribution in [0.4, 0.5) is 11.6 Å². The fraction of sp³-hybridized carbons (Fsp3) is 0.267. The number of hydrogen-bond acceptors (Lipinski definition) is 5. The number of rotatable bonds is 2. The van der Waals surface area contributed by atoms with Crippen LogP contribution in [0, 0.1) is 0 Å². The highest BCUT2D eigenvalue weighted by Crippen LogP contribution is 2.26. The van der Waals surface area contributed by atoms with E-state index in [0.717, 1.165) is 48.8 Å². The van der Waals surface area contributed by atoms with Crippen molar-refractivity contribution in [3.63, 3.8) is 0 Å². The van der Waals surface area contributed by atoms with Crippen molar-refractivity contribution in [1.82, 2.24) is 19.9 Å². The lowest BCUT2D eigenvalue weighted by Crippen LogP contribution is -2.47. The summed E-state index contributed by atoms with van der Waals surface area (Å²) < 4.78 is 0. The van der Waals surface area contributed by atoms with Gasteiger partial charge in [0.15, 0.2) is 0 Å². The summed E-state index contributed by atoms with van der Waals surface area (Å²) in [4.78, 5) is 20.7. The number of H-pyrrole nitrogens is 1. The number of fused-ring (bicyclic) bond motifs is 1. The first-order chi connectivity index (χ1) is 10.8. The van der Waals surface area contributed by atoms with Crippen molar-refractivity contribution in [2.75, 3.05) is 36.0 Å². The Bertz CT molecular complexity index is 779. The van der Waals surface area contributed by atoms with Crippen LogP contribution >= 0.6 is 11.6 Å². The van der Waals surface area contributed by atoms with Crippen LogP contribution in [0.3, 0.4) is 0 Å². The third kappa shape index (κ3) is 2.35. The first-order valence-electron chi connectivity index (χ1n) is 7.23. The summed E-state index contributed by atoms with van der Waals surface area (Å²) in [5, 5.41) is 1.28. The highest BCUT2D eigenvalue weighted by Gasteiger charge is 2.21. The van der Waals surface area contributed by atoms with E-state index < -0.39 is 0 Å². The zero-order valence-electron chi connectivity index (χ0n) is 11.9. The molecule has 22 heavy (non-hydrogen) atoms. The lowest BCUT2D eigenvalue weighted by atomic mass is 10.2. The lowest BCUT2D eigenvalue weighted by Gasteiger charge is -2.36. The Morgan fingerprint density at radius 1 is 1.00 bits per heavy atom. The van der Waals surface area contributed by atoms with Crippen LogP contribution in [0.5, 0.6) is 0 Å². The largest absolute Gasteiger partial charge is 0.353 e. The fourth-order valence-electron chi connectivity index (χ4n) is 2.83. The van der Waals surface area contributed by atoms with Gasteiger partial charge in [0.05, 0.1) is 5.39 Å². The zero-order valence-corrected chi connectivity index (χ0v) is 12.7. The maximum atomic E-state index is 6.04. The molecule has 0 unspecified atom stereocenters. The van der Waals surface area contributed by atoms with E-state index in [0.29, 0.717) is 0 Å². The summed E-state index contributed by atoms with van der Waals surface area (Å²) in [5.41, 5.74) is 0.780. The van der Waals surface area contributed by atoms with Gasteiger partial charge in [-0.15, -0.1) is 0 Å². The van der Waals surface area contributed by atoms with Crippen LogP contribution in [0.15, 0.2) is 36.7 Å². The maximum absolute atomic E-state index is 6.04. The second-order valence-electron chi connectivity index (χ2n) is 5.22. The minimum absolute atomic E-state index is 0.275. The molecule has 0 saturated carbocycles. The van der Waals surface area contributed by atoms with E-state index in [9.17, 15) is 0 Å². The van der Waals surface area contributed by atoms with E-state index >= 15 is 0 Å². The lowest BCUT2D eigenvalue weighted by molar-refractivity contribution is 0.643. The summed E-state index contributed by atoms with van der Waals surface area (Å²) in [6.07, 6.45) is 3.69. The van der Waals surface area contributed by atoms with E-state index in [1.165, 1.54) is 0 Å². The normalized spacial score (nSPS) is 15.5. The SMILES string of the molecule is Clc1nc(N2CCN(c3ccccn3)CC2)c2cc[nH]c2n1. The van der Waals surface area contributed by atoms with Crippen LogP contribution in [0.2, 0.25) is 5.28 Å². The number of nitrogens with zero attached hydrogens (tertiary/aromatic N) is 5. The Morgan fingerprint density at radius 3 is 2.59 bits per heavy atom. The van der Waals surface area contributed by atoms with Gasteiger partial charge in [-0.25, -0.2) is 4.98 Å². The average Bonchev–Trinajstić information content (AvgIpc) is 3.03. The second-order valence-corrected chi connectivity index (χ2v) is 5.56. The predicted octanol–water partition coefficient (Wildman–Crippen LogP) is 2.33. The molecule has 0 bridgehead atoms. The predicted molar refractivity (Wildman–Crippen MR) is 87.6 cm³/mol. The summed E-state index contributed by atoms with van der Waals surface area (Å²) in [6, 6.07) is 7.99. The molecule has 0 aromatic carbocycles. The molecule has 0 atom stereocenters. The van der Waals surface area contributed by atoms with Gasteiger partial charge < -0.3 is 14.8 Å². The summed E-state index contributed by atoms with van der Waals surface area (Å²) >= 11 is 6.04. The molecule has 1 aliphatic rings. The third-order valence-corrected chi connectivity index (χ3v) is 4.09. The Kier molecular flexibility index (Phi) is 3.31. The Morgan fingerprint density at radius 2 is 1.82 bits per heavy atom. The quantitative estimate of drug-likeness (QED) is 0.736. The fourth-order valence-corrected chi connectivity index (χ4v) is 2.99. The number of halogens is 1. The molecular formula is C15H15ClN6. The standard InChI is InChI=1S/C15H15ClN6/c16-15-19-13-11(4-6-18-13)14(20-15)22-9-7-21(8-10-22)12-3-1-2-5-17-12/h1-6H,7-10H2,(H,18,19,20). The number of piperazine rings is 1. The third-order valence-electron chi connectivity index (χ3n) is 3.92. The van der Waals surface area contributed by atoms with E-state index in [4.69, 9.17) is 11.6 Å². The van der Waals surface area contributed by atoms with Crippen molar-refractivity contribution in [2.45, 2.75) is 0 Å². The topological polar surface area (TPSA) is 60.9 Å². The number of aromatic amines is 1. The minimum atomic E-state index is 0.275. The van der Waals surface area contributed by atoms with Crippen LogP contribution in [-0.2, 0) is 0 Å². The molecule has 4 rings (SSSR count). The van der Waals surface area contributed by atoms with E-state index in [-0.39, 0.29) is 5.28 Å². The van der Waals surface area contributed by atoms with E-state index in [2.05, 4.69) is 29.7 Å². The summed E-state index contributed by atoms with van der Waals surface area (Å²) in [7, 11) is 0. The van der Waals surface area contributed by atoms with Gasteiger partial charge in [-0.1, -0.05) is 6.07 Å². The summed E-state index contributed by atoms with van der Waals surface area (Å²) in [6.45, 7) is 3.57. The number of aromatic nitrogens is 4. The smallest absolute Gasteiger partial charge is 0.226 e. The van der Waals surface area contributed by atoms with Gasteiger partial charge >= 0.3 is 0 Å². The zero-order chi connectivity index (χ0) is 14.9. The molecule has 0 aliphatic carbocycles. The van der Waals surface area contributed by atoms with Crippen LogP contribution in [0.1, 0.15) is 0 Å². The molecule has 1 aliphatic heterocycles. The molecule has 1 N–H and O–H groups in total. The van der Waals surface area contributed by atoms with Gasteiger partial charge in [0.25, 0.3) is 0 Å². The Hall–Kier alpha value is -2.34. The van der Waals surface area contributed by atoms with Crippen molar-refractivity contribution in [2.24, 2.45) is 0 Å². The highest BCUT2D eigenvalue weighted by atomic mass is 35.5. The Balaban J connectivity index is 1.57. The number of pyridine rings is 1. The van der Waals surface area contributed by atoms with Crippen molar-refractivity contribution in [3.8, 4) is 0 Å². The second kappa shape index (κ2) is 5.46. The molecule has 112 valence electrons. The molecule has 6 nitrogen and oxygen atoms in total. The van der Waals surface area contributed by atoms with E-state index in [1.54, 1.807) is 0 Å². The molecule has 3 aromatic heterocycles. The van der Waals surface area contributed by atoms with Crippen molar-refractivity contribution in [1.29, 1.82) is 0 Å². The molecule has 1 saturated heterocycles. The van der Waals surface area contributed by atoms with Gasteiger partial charge in [0.1, 0.15) is 17.3 Å². The molecule has 7 heteroatoms. The first kappa shape index (κ1) is 13.3. The van der Waals surface area contributed by atoms with Crippen LogP contribution < -0.4 is 9.80 Å². The van der Waals surface area contributed by atoms with Gasteiger partial charge in [0.2, 0.25) is 5.28 Å². The van der Waals surface area contributed by atoms with Gasteiger partial charge in [-0.05, 0) is 29.8 Å². The molecule has 0 amide bonds. The van der Waals surface area contributed by atoms with Crippen LogP contribution in [-0.4, -0.2) is 46.1 Å². The minimum Gasteiger partial charge on any atom is -0.353 e. The monoisotopic (exact) mass is 314 g/mol. The maximum Gasteiger partial charge on any atom is 0.226 e. The van der Waals surface area contributed by atoms with Crippen LogP contribution in [0.25, 0.3) is 11.0 Å².